The van der Waals surface area contributed by atoms with Gasteiger partial charge in [-0.05, 0) is 24.3 Å². The number of fused-ring (bicyclic) bond motifs is 1. The van der Waals surface area contributed by atoms with E-state index < -0.39 is 18.0 Å². The van der Waals surface area contributed by atoms with E-state index in [0.29, 0.717) is 28.0 Å². The molecule has 35 heavy (non-hydrogen) atoms. The van der Waals surface area contributed by atoms with Gasteiger partial charge < -0.3 is 24.6 Å². The van der Waals surface area contributed by atoms with E-state index in [2.05, 4.69) is 21.2 Å². The molecule has 0 atom stereocenters. The van der Waals surface area contributed by atoms with E-state index in [1.165, 1.54) is 6.33 Å². The highest BCUT2D eigenvalue weighted by Gasteiger charge is 2.21. The zero-order chi connectivity index (χ0) is 25.4. The van der Waals surface area contributed by atoms with Crippen LogP contribution in [-0.4, -0.2) is 53.3 Å². The van der Waals surface area contributed by atoms with Gasteiger partial charge in [0.1, 0.15) is 25.4 Å². The van der Waals surface area contributed by atoms with Gasteiger partial charge in [0.2, 0.25) is 0 Å². The van der Waals surface area contributed by atoms with Crippen LogP contribution >= 0.6 is 0 Å². The van der Waals surface area contributed by atoms with Gasteiger partial charge >= 0.3 is 5.97 Å². The number of ether oxygens (including phenoxy) is 3. The van der Waals surface area contributed by atoms with E-state index in [9.17, 15) is 9.59 Å². The van der Waals surface area contributed by atoms with Crippen molar-refractivity contribution in [3.8, 4) is 23.8 Å². The van der Waals surface area contributed by atoms with E-state index in [1.807, 2.05) is 39.0 Å². The fraction of sp³-hybridized carbons (Fsp3) is 0.308. The van der Waals surface area contributed by atoms with E-state index in [1.54, 1.807) is 18.2 Å². The summed E-state index contributed by atoms with van der Waals surface area (Å²) in [6.45, 7) is 5.20. The molecule has 2 N–H and O–H groups in total. The van der Waals surface area contributed by atoms with Crippen LogP contribution in [0.25, 0.3) is 10.9 Å². The van der Waals surface area contributed by atoms with E-state index >= 15 is 0 Å². The van der Waals surface area contributed by atoms with E-state index in [4.69, 9.17) is 25.7 Å². The number of nitrogens with zero attached hydrogens (tertiary/aromatic N) is 2. The van der Waals surface area contributed by atoms with Crippen molar-refractivity contribution in [3.63, 3.8) is 0 Å². The Morgan fingerprint density at radius 3 is 2.54 bits per heavy atom. The van der Waals surface area contributed by atoms with Gasteiger partial charge in [0.25, 0.3) is 0 Å². The Bertz CT molecular complexity index is 1260. The number of carbonyl (C=O) groups excluding carboxylic acids is 1. The lowest BCUT2D eigenvalue weighted by molar-refractivity contribution is -0.139. The van der Waals surface area contributed by atoms with Gasteiger partial charge in [-0.25, -0.2) is 14.8 Å². The molecule has 3 rings (SSSR count). The van der Waals surface area contributed by atoms with Gasteiger partial charge in [0.15, 0.2) is 23.9 Å². The molecular formula is C26H27N3O6. The van der Waals surface area contributed by atoms with Crippen LogP contribution in [0.5, 0.6) is 11.5 Å². The third kappa shape index (κ3) is 7.16. The molecule has 182 valence electrons. The van der Waals surface area contributed by atoms with E-state index in [-0.39, 0.29) is 31.4 Å². The summed E-state index contributed by atoms with van der Waals surface area (Å²) in [6.07, 6.45) is 6.88. The number of aromatic nitrogens is 2. The van der Waals surface area contributed by atoms with Crippen molar-refractivity contribution in [2.45, 2.75) is 20.8 Å². The highest BCUT2D eigenvalue weighted by atomic mass is 16.5. The molecule has 0 amide bonds. The van der Waals surface area contributed by atoms with Crippen molar-refractivity contribution in [1.82, 2.24) is 9.97 Å². The average molecular weight is 478 g/mol. The predicted molar refractivity (Wildman–Crippen MR) is 131 cm³/mol. The molecule has 1 heterocycles. The lowest BCUT2D eigenvalue weighted by Gasteiger charge is -2.17. The first-order chi connectivity index (χ1) is 16.7. The Kier molecular flexibility index (Phi) is 8.23. The molecule has 1 aromatic heterocycles. The third-order valence-corrected chi connectivity index (χ3v) is 4.90. The standard InChI is InChI=1S/C26H27N3O6/c1-5-17-7-6-8-18(11-17)29-25-19-12-21(35-15-24(31)32)22(13-20(19)27-16-28-25)34-10-9-33-14-23(30)26(2,3)4/h1,6-8,11-13,16H,9-10,14-15H2,2-4H3,(H,31,32)(H,27,28,29). The fourth-order valence-corrected chi connectivity index (χ4v) is 2.94. The number of nitrogens with one attached hydrogen (secondary N) is 1. The Labute approximate surface area is 203 Å². The molecule has 0 saturated carbocycles. The molecule has 0 aliphatic heterocycles. The van der Waals surface area contributed by atoms with Crippen LogP contribution in [0.2, 0.25) is 0 Å². The molecule has 0 saturated heterocycles. The maximum absolute atomic E-state index is 12.0. The Morgan fingerprint density at radius 2 is 1.83 bits per heavy atom. The normalized spacial score (nSPS) is 11.0. The van der Waals surface area contributed by atoms with Gasteiger partial charge in [-0.15, -0.1) is 6.42 Å². The molecule has 0 unspecified atom stereocenters. The minimum absolute atomic E-state index is 0.0156. The predicted octanol–water partition coefficient (Wildman–Crippen LogP) is 3.83. The maximum Gasteiger partial charge on any atom is 0.341 e. The van der Waals surface area contributed by atoms with Crippen LogP contribution in [-0.2, 0) is 14.3 Å². The van der Waals surface area contributed by atoms with Crippen LogP contribution in [0.3, 0.4) is 0 Å². The van der Waals surface area contributed by atoms with Crippen LogP contribution in [0.15, 0.2) is 42.7 Å². The molecule has 0 spiro atoms. The molecule has 0 aliphatic rings. The molecule has 0 bridgehead atoms. The number of hydrogen-bond acceptors (Lipinski definition) is 8. The molecule has 0 radical (unpaired) electrons. The number of anilines is 2. The average Bonchev–Trinajstić information content (AvgIpc) is 2.82. The van der Waals surface area contributed by atoms with Crippen LogP contribution in [0.4, 0.5) is 11.5 Å². The minimum atomic E-state index is -1.13. The fourth-order valence-electron chi connectivity index (χ4n) is 2.94. The van der Waals surface area contributed by atoms with E-state index in [0.717, 1.165) is 5.69 Å². The summed E-state index contributed by atoms with van der Waals surface area (Å²) < 4.78 is 16.6. The number of rotatable bonds is 11. The van der Waals surface area contributed by atoms with Crippen LogP contribution in [0, 0.1) is 17.8 Å². The molecule has 2 aromatic carbocycles. The smallest absolute Gasteiger partial charge is 0.341 e. The monoisotopic (exact) mass is 477 g/mol. The number of hydrogen-bond donors (Lipinski definition) is 2. The second kappa shape index (κ2) is 11.3. The van der Waals surface area contributed by atoms with Crippen molar-refractivity contribution < 1.29 is 28.9 Å². The number of benzene rings is 2. The maximum atomic E-state index is 12.0. The van der Waals surface area contributed by atoms with Gasteiger partial charge in [-0.2, -0.15) is 0 Å². The van der Waals surface area contributed by atoms with Gasteiger partial charge in [-0.1, -0.05) is 32.8 Å². The molecule has 0 fully saturated rings. The zero-order valence-corrected chi connectivity index (χ0v) is 19.8. The van der Waals surface area contributed by atoms with Crippen molar-refractivity contribution in [2.75, 3.05) is 31.7 Å². The number of Topliss-reactive ketones (excluding diaryl/α,β-unsaturated/α-hetero) is 1. The van der Waals surface area contributed by atoms with Gasteiger partial charge in [0.05, 0.1) is 12.1 Å². The second-order valence-corrected chi connectivity index (χ2v) is 8.65. The third-order valence-electron chi connectivity index (χ3n) is 4.90. The first kappa shape index (κ1) is 25.5. The van der Waals surface area contributed by atoms with Gasteiger partial charge in [0, 0.05) is 28.1 Å². The first-order valence-electron chi connectivity index (χ1n) is 10.9. The van der Waals surface area contributed by atoms with Crippen molar-refractivity contribution in [2.24, 2.45) is 5.41 Å². The number of carboxylic acids is 1. The number of carbonyl (C=O) groups is 2. The highest BCUT2D eigenvalue weighted by molar-refractivity contribution is 5.93. The summed E-state index contributed by atoms with van der Waals surface area (Å²) in [5.74, 6) is 2.43. The summed E-state index contributed by atoms with van der Waals surface area (Å²) in [5, 5.41) is 12.9. The summed E-state index contributed by atoms with van der Waals surface area (Å²) in [6, 6.07) is 10.5. The Morgan fingerprint density at radius 1 is 1.06 bits per heavy atom. The van der Waals surface area contributed by atoms with Crippen LogP contribution in [0.1, 0.15) is 26.3 Å². The summed E-state index contributed by atoms with van der Waals surface area (Å²) in [5.41, 5.74) is 1.51. The quantitative estimate of drug-likeness (QED) is 0.314. The largest absolute Gasteiger partial charge is 0.487 e. The molecular weight excluding hydrogens is 450 g/mol. The Balaban J connectivity index is 1.81. The highest BCUT2D eigenvalue weighted by Crippen LogP contribution is 2.35. The Hall–Kier alpha value is -4.16. The second-order valence-electron chi connectivity index (χ2n) is 8.65. The summed E-state index contributed by atoms with van der Waals surface area (Å²) in [4.78, 5) is 31.7. The van der Waals surface area contributed by atoms with Crippen molar-refractivity contribution in [3.05, 3.63) is 48.3 Å². The number of aliphatic carboxylic acids is 1. The lowest BCUT2D eigenvalue weighted by Crippen LogP contribution is -2.25. The zero-order valence-electron chi connectivity index (χ0n) is 19.8. The topological polar surface area (TPSA) is 120 Å². The number of terminal acetylenes is 1. The molecule has 3 aromatic rings. The van der Waals surface area contributed by atoms with Gasteiger partial charge in [-0.3, -0.25) is 4.79 Å². The van der Waals surface area contributed by atoms with Crippen molar-refractivity contribution >= 4 is 34.2 Å². The number of ketones is 1. The molecule has 0 aliphatic carbocycles. The molecule has 9 heteroatoms. The minimum Gasteiger partial charge on any atom is -0.487 e. The number of carboxylic acid groups (broad SMARTS) is 1. The first-order valence-corrected chi connectivity index (χ1v) is 10.9. The summed E-state index contributed by atoms with van der Waals surface area (Å²) >= 11 is 0. The van der Waals surface area contributed by atoms with Crippen LogP contribution < -0.4 is 14.8 Å². The van der Waals surface area contributed by atoms with Crippen molar-refractivity contribution in [1.29, 1.82) is 0 Å². The SMILES string of the molecule is C#Cc1cccc(Nc2ncnc3cc(OCCOCC(=O)C(C)(C)C)c(OCC(=O)O)cc23)c1. The summed E-state index contributed by atoms with van der Waals surface area (Å²) in [7, 11) is 0. The molecule has 9 nitrogen and oxygen atoms in total. The lowest BCUT2D eigenvalue weighted by atomic mass is 9.91.